The van der Waals surface area contributed by atoms with Crippen LogP contribution >= 0.6 is 12.4 Å². The fourth-order valence-corrected chi connectivity index (χ4v) is 2.75. The molecule has 7 heteroatoms. The molecule has 3 nitrogen and oxygen atoms in total. The molecule has 3 aromatic carbocycles. The number of rotatable bonds is 2. The predicted molar refractivity (Wildman–Crippen MR) is 94.1 cm³/mol. The van der Waals surface area contributed by atoms with Gasteiger partial charge in [0.2, 0.25) is 0 Å². The molecule has 0 aromatic heterocycles. The number of halogens is 4. The van der Waals surface area contributed by atoms with E-state index in [0.29, 0.717) is 11.4 Å². The van der Waals surface area contributed by atoms with Crippen LogP contribution in [0.2, 0.25) is 0 Å². The average Bonchev–Trinajstić information content (AvgIpc) is 2.54. The monoisotopic (exact) mass is 364 g/mol. The number of nitrogens with one attached hydrogen (secondary N) is 1. The van der Waals surface area contributed by atoms with Crippen LogP contribution in [0.5, 0.6) is 5.75 Å². The SMILES string of the molecule is Cl.FC(F)(F)Oc1ccc(C2=Nc3cccc4cccc(c34)N2)cc1. The predicted octanol–water partition coefficient (Wildman–Crippen LogP) is 5.66. The standard InChI is InChI=1S/C18H11F3N2O.ClH/c19-18(20,21)24-13-9-7-12(8-10-13)17-22-14-5-1-3-11-4-2-6-15(23-17)16(11)14;/h1-10H,(H,22,23);1H. The van der Waals surface area contributed by atoms with Crippen molar-refractivity contribution < 1.29 is 17.9 Å². The molecular formula is C18H12ClF3N2O. The highest BCUT2D eigenvalue weighted by Crippen LogP contribution is 2.36. The zero-order valence-electron chi connectivity index (χ0n) is 12.7. The average molecular weight is 365 g/mol. The van der Waals surface area contributed by atoms with Gasteiger partial charge in [-0.1, -0.05) is 24.3 Å². The largest absolute Gasteiger partial charge is 0.573 e. The molecule has 0 unspecified atom stereocenters. The number of alkyl halides is 3. The number of hydrogen-bond acceptors (Lipinski definition) is 3. The molecule has 0 saturated carbocycles. The summed E-state index contributed by atoms with van der Waals surface area (Å²) < 4.78 is 40.6. The molecule has 1 aliphatic rings. The van der Waals surface area contributed by atoms with Crippen LogP contribution in [-0.2, 0) is 0 Å². The summed E-state index contributed by atoms with van der Waals surface area (Å²) in [6.45, 7) is 0. The molecule has 0 bridgehead atoms. The summed E-state index contributed by atoms with van der Waals surface area (Å²) in [7, 11) is 0. The van der Waals surface area contributed by atoms with Crippen LogP contribution in [0.25, 0.3) is 10.8 Å². The van der Waals surface area contributed by atoms with Gasteiger partial charge in [0, 0.05) is 16.6 Å². The number of benzene rings is 3. The van der Waals surface area contributed by atoms with Gasteiger partial charge in [-0.2, -0.15) is 0 Å². The minimum atomic E-state index is -4.70. The van der Waals surface area contributed by atoms with Gasteiger partial charge in [-0.15, -0.1) is 25.6 Å². The van der Waals surface area contributed by atoms with E-state index >= 15 is 0 Å². The third-order valence-electron chi connectivity index (χ3n) is 3.73. The molecule has 0 aliphatic carbocycles. The van der Waals surface area contributed by atoms with E-state index in [-0.39, 0.29) is 18.2 Å². The maximum atomic E-state index is 12.2. The van der Waals surface area contributed by atoms with Crippen LogP contribution in [0.1, 0.15) is 5.56 Å². The molecular weight excluding hydrogens is 353 g/mol. The molecule has 4 rings (SSSR count). The molecule has 0 fully saturated rings. The quantitative estimate of drug-likeness (QED) is 0.636. The molecule has 1 N–H and O–H groups in total. The van der Waals surface area contributed by atoms with Gasteiger partial charge >= 0.3 is 6.36 Å². The molecule has 0 radical (unpaired) electrons. The van der Waals surface area contributed by atoms with Crippen LogP contribution < -0.4 is 10.1 Å². The first-order chi connectivity index (χ1) is 11.5. The minimum absolute atomic E-state index is 0. The fraction of sp³-hybridized carbons (Fsp3) is 0.0556. The zero-order valence-corrected chi connectivity index (χ0v) is 13.5. The van der Waals surface area contributed by atoms with Crippen LogP contribution in [0.3, 0.4) is 0 Å². The highest BCUT2D eigenvalue weighted by atomic mass is 35.5. The third-order valence-corrected chi connectivity index (χ3v) is 3.73. The van der Waals surface area contributed by atoms with E-state index in [1.165, 1.54) is 12.1 Å². The first-order valence-corrected chi connectivity index (χ1v) is 7.23. The Morgan fingerprint density at radius 1 is 0.880 bits per heavy atom. The summed E-state index contributed by atoms with van der Waals surface area (Å²) in [4.78, 5) is 4.58. The van der Waals surface area contributed by atoms with Crippen molar-refractivity contribution in [2.75, 3.05) is 5.32 Å². The van der Waals surface area contributed by atoms with Crippen molar-refractivity contribution in [3.63, 3.8) is 0 Å². The number of hydrogen-bond donors (Lipinski definition) is 1. The Hall–Kier alpha value is -2.73. The van der Waals surface area contributed by atoms with Crippen molar-refractivity contribution in [3.05, 3.63) is 66.2 Å². The number of anilines is 1. The van der Waals surface area contributed by atoms with Gasteiger partial charge in [-0.05, 0) is 41.8 Å². The highest BCUT2D eigenvalue weighted by molar-refractivity contribution is 6.18. The van der Waals surface area contributed by atoms with E-state index in [1.807, 2.05) is 36.4 Å². The first-order valence-electron chi connectivity index (χ1n) is 7.23. The molecule has 128 valence electrons. The molecule has 0 amide bonds. The van der Waals surface area contributed by atoms with E-state index in [1.54, 1.807) is 12.1 Å². The maximum Gasteiger partial charge on any atom is 0.573 e. The Balaban J connectivity index is 0.00000182. The van der Waals surface area contributed by atoms with Crippen molar-refractivity contribution in [1.82, 2.24) is 0 Å². The van der Waals surface area contributed by atoms with Crippen LogP contribution in [0.4, 0.5) is 24.5 Å². The lowest BCUT2D eigenvalue weighted by molar-refractivity contribution is -0.274. The lowest BCUT2D eigenvalue weighted by atomic mass is 10.0. The third kappa shape index (κ3) is 3.39. The number of aliphatic imine (C=N–C) groups is 1. The van der Waals surface area contributed by atoms with E-state index in [0.717, 1.165) is 22.1 Å². The van der Waals surface area contributed by atoms with Crippen molar-refractivity contribution in [2.45, 2.75) is 6.36 Å². The topological polar surface area (TPSA) is 33.6 Å². The molecule has 1 heterocycles. The molecule has 0 spiro atoms. The van der Waals surface area contributed by atoms with E-state index in [2.05, 4.69) is 15.0 Å². The van der Waals surface area contributed by atoms with Crippen LogP contribution in [0, 0.1) is 0 Å². The lowest BCUT2D eigenvalue weighted by Crippen LogP contribution is -2.18. The summed E-state index contributed by atoms with van der Waals surface area (Å²) >= 11 is 0. The highest BCUT2D eigenvalue weighted by Gasteiger charge is 2.31. The Morgan fingerprint density at radius 3 is 2.24 bits per heavy atom. The normalized spacial score (nSPS) is 12.8. The van der Waals surface area contributed by atoms with E-state index < -0.39 is 6.36 Å². The molecule has 1 aliphatic heterocycles. The van der Waals surface area contributed by atoms with Gasteiger partial charge in [0.05, 0.1) is 5.69 Å². The zero-order chi connectivity index (χ0) is 16.7. The number of ether oxygens (including phenoxy) is 1. The van der Waals surface area contributed by atoms with Crippen molar-refractivity contribution >= 4 is 40.4 Å². The molecule has 25 heavy (non-hydrogen) atoms. The van der Waals surface area contributed by atoms with Crippen molar-refractivity contribution in [1.29, 1.82) is 0 Å². The summed E-state index contributed by atoms with van der Waals surface area (Å²) in [5.74, 6) is 0.324. The van der Waals surface area contributed by atoms with Gasteiger partial charge in [-0.3, -0.25) is 0 Å². The Bertz CT molecular complexity index is 947. The Morgan fingerprint density at radius 2 is 1.56 bits per heavy atom. The maximum absolute atomic E-state index is 12.2. The number of nitrogens with zero attached hydrogens (tertiary/aromatic N) is 1. The lowest BCUT2D eigenvalue weighted by Gasteiger charge is -2.19. The van der Waals surface area contributed by atoms with Crippen molar-refractivity contribution in [2.24, 2.45) is 4.99 Å². The first kappa shape index (κ1) is 17.1. The van der Waals surface area contributed by atoms with Gasteiger partial charge in [-0.25, -0.2) is 4.99 Å². The van der Waals surface area contributed by atoms with Gasteiger partial charge < -0.3 is 10.1 Å². The Labute approximate surface area is 147 Å². The second-order valence-electron chi connectivity index (χ2n) is 5.34. The molecule has 0 atom stereocenters. The second-order valence-corrected chi connectivity index (χ2v) is 5.34. The summed E-state index contributed by atoms with van der Waals surface area (Å²) in [6.07, 6.45) is -4.70. The van der Waals surface area contributed by atoms with Crippen LogP contribution in [-0.4, -0.2) is 12.2 Å². The molecule has 0 saturated heterocycles. The fourth-order valence-electron chi connectivity index (χ4n) is 2.75. The van der Waals surface area contributed by atoms with Crippen LogP contribution in [0.15, 0.2) is 65.7 Å². The van der Waals surface area contributed by atoms with Gasteiger partial charge in [0.1, 0.15) is 11.6 Å². The van der Waals surface area contributed by atoms with Gasteiger partial charge in [0.15, 0.2) is 0 Å². The summed E-state index contributed by atoms with van der Waals surface area (Å²) in [5, 5.41) is 5.34. The van der Waals surface area contributed by atoms with Gasteiger partial charge in [0.25, 0.3) is 0 Å². The Kier molecular flexibility index (Phi) is 4.30. The van der Waals surface area contributed by atoms with Crippen molar-refractivity contribution in [3.8, 4) is 5.75 Å². The summed E-state index contributed by atoms with van der Waals surface area (Å²) in [5.41, 5.74) is 2.42. The molecule has 3 aromatic rings. The van der Waals surface area contributed by atoms with E-state index in [9.17, 15) is 13.2 Å². The smallest absolute Gasteiger partial charge is 0.406 e. The van der Waals surface area contributed by atoms with E-state index in [4.69, 9.17) is 0 Å². The number of amidine groups is 1. The summed E-state index contributed by atoms with van der Waals surface area (Å²) in [6, 6.07) is 17.4. The second kappa shape index (κ2) is 6.29. The minimum Gasteiger partial charge on any atom is -0.406 e.